The van der Waals surface area contributed by atoms with Gasteiger partial charge in [0.1, 0.15) is 43.4 Å². The summed E-state index contributed by atoms with van der Waals surface area (Å²) in [6.07, 6.45) is 10.1. The molecule has 0 aromatic heterocycles. The van der Waals surface area contributed by atoms with Crippen LogP contribution in [0.1, 0.15) is 128 Å². The molecule has 0 saturated heterocycles. The Morgan fingerprint density at radius 1 is 0.672 bits per heavy atom. The van der Waals surface area contributed by atoms with Crippen LogP contribution < -0.4 is 4.74 Å². The Bertz CT molecular complexity index is 2050. The van der Waals surface area contributed by atoms with Gasteiger partial charge in [0.15, 0.2) is 0 Å². The highest BCUT2D eigenvalue weighted by Crippen LogP contribution is 2.40. The summed E-state index contributed by atoms with van der Waals surface area (Å²) >= 11 is 0. The minimum Gasteiger partial charge on any atom is -0.492 e. The van der Waals surface area contributed by atoms with E-state index in [4.69, 9.17) is 28.4 Å². The highest BCUT2D eigenvalue weighted by Gasteiger charge is 2.38. The summed E-state index contributed by atoms with van der Waals surface area (Å²) in [5.41, 5.74) is 1.86. The van der Waals surface area contributed by atoms with Gasteiger partial charge in [-0.1, -0.05) is 78.3 Å². The fraction of sp³-hybridized carbons (Fsp3) is 0.547. The summed E-state index contributed by atoms with van der Waals surface area (Å²) in [4.78, 5) is 74.8. The van der Waals surface area contributed by atoms with Gasteiger partial charge in [0.05, 0.1) is 26.2 Å². The smallest absolute Gasteiger partial charge is 0.417 e. The molecule has 0 aliphatic heterocycles. The van der Waals surface area contributed by atoms with Gasteiger partial charge in [-0.3, -0.25) is 4.79 Å². The van der Waals surface area contributed by atoms with Gasteiger partial charge in [-0.15, -0.1) is 0 Å². The van der Waals surface area contributed by atoms with Crippen LogP contribution in [0.2, 0.25) is 0 Å². The lowest BCUT2D eigenvalue weighted by Crippen LogP contribution is -2.44. The Kier molecular flexibility index (Phi) is 23.0. The fourth-order valence-electron chi connectivity index (χ4n) is 7.62. The number of carbonyl (C=O) groups is 6. The fourth-order valence-corrected chi connectivity index (χ4v) is 7.62. The second-order valence-electron chi connectivity index (χ2n) is 18.1. The third-order valence-electron chi connectivity index (χ3n) is 11.7. The molecule has 0 amide bonds. The zero-order valence-electron chi connectivity index (χ0n) is 40.7. The maximum atomic E-state index is 16.5. The first-order valence-corrected chi connectivity index (χ1v) is 23.3. The molecule has 2 aromatic carbocycles. The molecule has 368 valence electrons. The molecule has 1 aliphatic rings. The molecule has 0 heterocycles. The Balaban J connectivity index is 2.17. The Labute approximate surface area is 395 Å². The van der Waals surface area contributed by atoms with E-state index in [2.05, 4.69) is 31.4 Å². The van der Waals surface area contributed by atoms with Crippen molar-refractivity contribution < 1.29 is 66.3 Å². The molecule has 67 heavy (non-hydrogen) atoms. The van der Waals surface area contributed by atoms with Gasteiger partial charge in [-0.25, -0.2) is 28.4 Å². The maximum absolute atomic E-state index is 16.5. The summed E-state index contributed by atoms with van der Waals surface area (Å²) < 4.78 is 55.2. The lowest BCUT2D eigenvalue weighted by molar-refractivity contribution is -0.165. The topological polar surface area (TPSA) is 167 Å². The van der Waals surface area contributed by atoms with Crippen LogP contribution in [0.4, 0.5) is 4.39 Å². The van der Waals surface area contributed by atoms with Crippen molar-refractivity contribution in [2.45, 2.75) is 125 Å². The molecule has 1 aliphatic carbocycles. The summed E-state index contributed by atoms with van der Waals surface area (Å²) in [7, 11) is 1.06. The molecule has 0 spiro atoms. The number of hydrogen-bond donors (Lipinski definition) is 0. The highest BCUT2D eigenvalue weighted by molar-refractivity contribution is 6.29. The van der Waals surface area contributed by atoms with Crippen molar-refractivity contribution >= 4 is 35.8 Å². The van der Waals surface area contributed by atoms with E-state index >= 15 is 4.39 Å². The van der Waals surface area contributed by atoms with Crippen LogP contribution in [-0.4, -0.2) is 82.6 Å². The van der Waals surface area contributed by atoms with E-state index in [9.17, 15) is 28.8 Å². The molecule has 0 bridgehead atoms. The van der Waals surface area contributed by atoms with E-state index in [0.29, 0.717) is 40.3 Å². The van der Waals surface area contributed by atoms with Gasteiger partial charge in [0.25, 0.3) is 0 Å². The highest BCUT2D eigenvalue weighted by atomic mass is 19.1. The molecule has 14 heteroatoms. The van der Waals surface area contributed by atoms with Crippen molar-refractivity contribution in [1.82, 2.24) is 0 Å². The molecule has 3 rings (SSSR count). The van der Waals surface area contributed by atoms with E-state index < -0.39 is 72.8 Å². The van der Waals surface area contributed by atoms with E-state index in [0.717, 1.165) is 38.4 Å². The summed E-state index contributed by atoms with van der Waals surface area (Å²) in [5.74, 6) is -4.61. The predicted octanol–water partition coefficient (Wildman–Crippen LogP) is 9.85. The molecule has 0 radical (unpaired) electrons. The van der Waals surface area contributed by atoms with Crippen LogP contribution in [0.3, 0.4) is 0 Å². The Morgan fingerprint density at radius 2 is 1.19 bits per heavy atom. The Hall–Kier alpha value is -5.79. The van der Waals surface area contributed by atoms with Crippen LogP contribution in [0, 0.1) is 23.1 Å². The van der Waals surface area contributed by atoms with Crippen molar-refractivity contribution in [1.29, 1.82) is 0 Å². The average molecular weight is 935 g/mol. The predicted molar refractivity (Wildman–Crippen MR) is 251 cm³/mol. The van der Waals surface area contributed by atoms with Crippen LogP contribution in [0.5, 0.6) is 5.75 Å². The number of rotatable bonds is 27. The van der Waals surface area contributed by atoms with Crippen molar-refractivity contribution in [2.75, 3.05) is 46.8 Å². The minimum atomic E-state index is -1.49. The molecular weight excluding hydrogens is 864 g/mol. The number of ether oxygens (including phenoxy) is 7. The number of methoxy groups -OCH3 is 1. The van der Waals surface area contributed by atoms with Gasteiger partial charge in [-0.05, 0) is 124 Å². The molecule has 0 unspecified atom stereocenters. The zero-order valence-corrected chi connectivity index (χ0v) is 40.7. The maximum Gasteiger partial charge on any atom is 0.417 e. The standard InChI is InChI=1S/C53H71FO13/c1-11-12-13-16-38-19-21-39(22-20-38)40-23-24-44(45(54)29-40)43-27-41(17-14-25-62-47(55)34(2)3)46(42(28-43)18-15-26-63-52(60)51(59)61-10)64-30-53(31-65-48(56)35(4)5,32-66-49(57)36(6)7)33-67-50(58)37(8)9/h23-24,27-29,37-39H,2,4,6,11-22,25-26,30-33H2,1,3,5,7-10H3. The number of hydrogen-bond acceptors (Lipinski definition) is 13. The Morgan fingerprint density at radius 3 is 1.69 bits per heavy atom. The summed E-state index contributed by atoms with van der Waals surface area (Å²) in [5, 5.41) is 0. The molecule has 2 aromatic rings. The number of carbonyl (C=O) groups excluding carboxylic acids is 6. The van der Waals surface area contributed by atoms with Gasteiger partial charge in [-0.2, -0.15) is 0 Å². The van der Waals surface area contributed by atoms with Crippen LogP contribution >= 0.6 is 0 Å². The number of aryl methyl sites for hydroxylation is 2. The van der Waals surface area contributed by atoms with Gasteiger partial charge < -0.3 is 33.2 Å². The first kappa shape index (κ1) is 55.5. The average Bonchev–Trinajstić information content (AvgIpc) is 3.30. The number of unbranched alkanes of at least 4 members (excludes halogenated alkanes) is 2. The van der Waals surface area contributed by atoms with Crippen molar-refractivity contribution in [3.8, 4) is 16.9 Å². The number of esters is 6. The SMILES string of the molecule is C=C(C)C(=O)OCCCc1cc(-c2ccc(C3CCC(CCCCC)CC3)cc2F)cc(CCCOC(=O)C(=O)OC)c1OCC(COC(=O)C(=C)C)(COC(=O)C(=C)C)COC(=O)C(C)C. The van der Waals surface area contributed by atoms with Gasteiger partial charge in [0.2, 0.25) is 0 Å². The van der Waals surface area contributed by atoms with Gasteiger partial charge >= 0.3 is 35.8 Å². The number of halogens is 1. The first-order chi connectivity index (χ1) is 31.8. The third kappa shape index (κ3) is 18.1. The quantitative estimate of drug-likeness (QED) is 0.0273. The van der Waals surface area contributed by atoms with Crippen LogP contribution in [0.15, 0.2) is 66.8 Å². The third-order valence-corrected chi connectivity index (χ3v) is 11.7. The van der Waals surface area contributed by atoms with Crippen molar-refractivity contribution in [2.24, 2.45) is 17.3 Å². The summed E-state index contributed by atoms with van der Waals surface area (Å²) in [6, 6.07) is 8.95. The van der Waals surface area contributed by atoms with Crippen LogP contribution in [-0.2, 0) is 70.0 Å². The van der Waals surface area contributed by atoms with Crippen molar-refractivity contribution in [3.63, 3.8) is 0 Å². The molecule has 1 fully saturated rings. The largest absolute Gasteiger partial charge is 0.492 e. The second kappa shape index (κ2) is 27.8. The monoisotopic (exact) mass is 934 g/mol. The normalized spacial score (nSPS) is 14.6. The van der Waals surface area contributed by atoms with E-state index in [-0.39, 0.29) is 61.7 Å². The lowest BCUT2D eigenvalue weighted by atomic mass is 9.77. The molecule has 0 N–H and O–H groups in total. The molecule has 0 atom stereocenters. The second-order valence-corrected chi connectivity index (χ2v) is 18.1. The minimum absolute atomic E-state index is 0.0148. The number of benzene rings is 2. The van der Waals surface area contributed by atoms with E-state index in [1.165, 1.54) is 46.5 Å². The van der Waals surface area contributed by atoms with E-state index in [1.807, 2.05) is 6.07 Å². The van der Waals surface area contributed by atoms with Gasteiger partial charge in [0, 0.05) is 22.3 Å². The first-order valence-electron chi connectivity index (χ1n) is 23.3. The zero-order chi connectivity index (χ0) is 49.7. The summed E-state index contributed by atoms with van der Waals surface area (Å²) in [6.45, 7) is 19.1. The molecule has 1 saturated carbocycles. The van der Waals surface area contributed by atoms with Crippen LogP contribution in [0.25, 0.3) is 11.1 Å². The van der Waals surface area contributed by atoms with E-state index in [1.54, 1.807) is 38.1 Å². The molecular formula is C53H71FO13. The van der Waals surface area contributed by atoms with Crippen molar-refractivity contribution in [3.05, 3.63) is 89.3 Å². The molecule has 13 nitrogen and oxygen atoms in total. The lowest BCUT2D eigenvalue weighted by Gasteiger charge is -2.33.